The van der Waals surface area contributed by atoms with Crippen LogP contribution in [0.2, 0.25) is 0 Å². The van der Waals surface area contributed by atoms with Crippen molar-refractivity contribution in [1.82, 2.24) is 9.13 Å². The van der Waals surface area contributed by atoms with Gasteiger partial charge in [-0.05, 0) is 43.4 Å². The fourth-order valence-corrected chi connectivity index (χ4v) is 3.88. The van der Waals surface area contributed by atoms with Gasteiger partial charge in [-0.3, -0.25) is 18.7 Å². The molecule has 0 atom stereocenters. The first-order valence-electron chi connectivity index (χ1n) is 9.87. The van der Waals surface area contributed by atoms with Gasteiger partial charge in [0.2, 0.25) is 5.91 Å². The van der Waals surface area contributed by atoms with Crippen LogP contribution in [-0.2, 0) is 37.1 Å². The van der Waals surface area contributed by atoms with Gasteiger partial charge in [-0.25, -0.2) is 4.79 Å². The zero-order chi connectivity index (χ0) is 20.2. The third-order valence-corrected chi connectivity index (χ3v) is 5.31. The summed E-state index contributed by atoms with van der Waals surface area (Å²) >= 11 is 0. The lowest BCUT2D eigenvalue weighted by Crippen LogP contribution is -2.44. The van der Waals surface area contributed by atoms with E-state index in [4.69, 9.17) is 0 Å². The number of rotatable bonds is 6. The van der Waals surface area contributed by atoms with Gasteiger partial charge in [0, 0.05) is 23.5 Å². The van der Waals surface area contributed by atoms with Gasteiger partial charge >= 0.3 is 5.69 Å². The molecule has 4 rings (SSSR count). The molecule has 148 valence electrons. The van der Waals surface area contributed by atoms with Gasteiger partial charge in [0.05, 0.1) is 0 Å². The van der Waals surface area contributed by atoms with Gasteiger partial charge in [-0.1, -0.05) is 48.5 Å². The molecule has 0 fully saturated rings. The summed E-state index contributed by atoms with van der Waals surface area (Å²) in [5.41, 5.74) is 2.50. The van der Waals surface area contributed by atoms with Crippen molar-refractivity contribution in [2.45, 2.75) is 38.8 Å². The average molecular weight is 389 g/mol. The Kier molecular flexibility index (Phi) is 5.42. The zero-order valence-electron chi connectivity index (χ0n) is 16.1. The highest BCUT2D eigenvalue weighted by molar-refractivity contribution is 5.90. The van der Waals surface area contributed by atoms with E-state index in [0.717, 1.165) is 12.0 Å². The number of anilines is 1. The lowest BCUT2D eigenvalue weighted by molar-refractivity contribution is -0.116. The number of carbonyl (C=O) groups is 1. The van der Waals surface area contributed by atoms with Crippen molar-refractivity contribution >= 4 is 11.6 Å². The molecule has 0 saturated carbocycles. The van der Waals surface area contributed by atoms with Crippen molar-refractivity contribution in [2.75, 3.05) is 5.32 Å². The lowest BCUT2D eigenvalue weighted by Gasteiger charge is -2.15. The van der Waals surface area contributed by atoms with Crippen LogP contribution in [0.3, 0.4) is 0 Å². The van der Waals surface area contributed by atoms with Gasteiger partial charge < -0.3 is 5.32 Å². The smallest absolute Gasteiger partial charge is 0.325 e. The van der Waals surface area contributed by atoms with Gasteiger partial charge in [-0.2, -0.15) is 0 Å². The predicted octanol–water partition coefficient (Wildman–Crippen LogP) is 2.38. The molecule has 1 aliphatic rings. The number of nitrogens with one attached hydrogen (secondary N) is 1. The first-order valence-corrected chi connectivity index (χ1v) is 9.87. The van der Waals surface area contributed by atoms with E-state index in [1.54, 1.807) is 12.1 Å². The molecule has 1 N–H and O–H groups in total. The molecule has 1 amide bonds. The Hall–Kier alpha value is -3.41. The third-order valence-electron chi connectivity index (χ3n) is 5.31. The number of para-hydroxylation sites is 1. The predicted molar refractivity (Wildman–Crippen MR) is 112 cm³/mol. The Morgan fingerprint density at radius 2 is 1.59 bits per heavy atom. The number of amides is 1. The molecule has 0 aliphatic heterocycles. The van der Waals surface area contributed by atoms with E-state index in [2.05, 4.69) is 5.32 Å². The lowest BCUT2D eigenvalue weighted by atomic mass is 10.1. The van der Waals surface area contributed by atoms with Crippen molar-refractivity contribution in [3.05, 3.63) is 98.3 Å². The Morgan fingerprint density at radius 3 is 2.31 bits per heavy atom. The minimum absolute atomic E-state index is 0.0956. The standard InChI is InChI=1S/C23H23N3O3/c27-21(24-18-10-5-2-6-11-18)16-26-20-13-7-12-19(20)22(28)25(23(26)29)15-14-17-8-3-1-4-9-17/h1-6,8-11H,7,12-16H2,(H,24,27). The summed E-state index contributed by atoms with van der Waals surface area (Å²) in [6.45, 7) is 0.205. The minimum Gasteiger partial charge on any atom is -0.325 e. The van der Waals surface area contributed by atoms with Crippen molar-refractivity contribution in [1.29, 1.82) is 0 Å². The molecule has 6 nitrogen and oxygen atoms in total. The van der Waals surface area contributed by atoms with Crippen LogP contribution in [0.25, 0.3) is 0 Å². The number of hydrogen-bond acceptors (Lipinski definition) is 3. The highest BCUT2D eigenvalue weighted by atomic mass is 16.2. The van der Waals surface area contributed by atoms with Crippen LogP contribution in [0.4, 0.5) is 5.69 Å². The molecule has 29 heavy (non-hydrogen) atoms. The number of fused-ring (bicyclic) bond motifs is 1. The molecule has 1 heterocycles. The first kappa shape index (κ1) is 18.9. The van der Waals surface area contributed by atoms with Crippen LogP contribution < -0.4 is 16.6 Å². The molecule has 6 heteroatoms. The number of benzene rings is 2. The zero-order valence-corrected chi connectivity index (χ0v) is 16.1. The van der Waals surface area contributed by atoms with E-state index >= 15 is 0 Å². The van der Waals surface area contributed by atoms with Gasteiger partial charge in [0.1, 0.15) is 6.54 Å². The van der Waals surface area contributed by atoms with Crippen LogP contribution in [-0.4, -0.2) is 15.0 Å². The van der Waals surface area contributed by atoms with Crippen LogP contribution in [0.5, 0.6) is 0 Å². The maximum Gasteiger partial charge on any atom is 0.331 e. The van der Waals surface area contributed by atoms with E-state index in [9.17, 15) is 14.4 Å². The van der Waals surface area contributed by atoms with Gasteiger partial charge in [0.25, 0.3) is 5.56 Å². The molecule has 0 saturated heterocycles. The van der Waals surface area contributed by atoms with Crippen LogP contribution in [0.15, 0.2) is 70.3 Å². The van der Waals surface area contributed by atoms with E-state index in [1.165, 1.54) is 9.13 Å². The van der Waals surface area contributed by atoms with Crippen LogP contribution in [0, 0.1) is 0 Å². The summed E-state index contributed by atoms with van der Waals surface area (Å²) < 4.78 is 2.76. The number of hydrogen-bond donors (Lipinski definition) is 1. The summed E-state index contributed by atoms with van der Waals surface area (Å²) in [6, 6.07) is 18.9. The maximum atomic E-state index is 13.1. The Bertz CT molecular complexity index is 1130. The maximum absolute atomic E-state index is 13.1. The van der Waals surface area contributed by atoms with Crippen molar-refractivity contribution in [2.24, 2.45) is 0 Å². The highest BCUT2D eigenvalue weighted by Gasteiger charge is 2.24. The highest BCUT2D eigenvalue weighted by Crippen LogP contribution is 2.17. The minimum atomic E-state index is -0.408. The number of carbonyl (C=O) groups excluding carboxylic acids is 1. The molecular formula is C23H23N3O3. The fraction of sp³-hybridized carbons (Fsp3) is 0.261. The summed E-state index contributed by atoms with van der Waals surface area (Å²) in [7, 11) is 0. The third kappa shape index (κ3) is 4.06. The van der Waals surface area contributed by atoms with Crippen LogP contribution in [0.1, 0.15) is 23.2 Å². The molecule has 2 aromatic carbocycles. The molecule has 0 unspecified atom stereocenters. The Balaban J connectivity index is 1.63. The number of aryl methyl sites for hydroxylation is 1. The monoisotopic (exact) mass is 389 g/mol. The number of nitrogens with zero attached hydrogens (tertiary/aromatic N) is 2. The average Bonchev–Trinajstić information content (AvgIpc) is 3.23. The largest absolute Gasteiger partial charge is 0.331 e. The van der Waals surface area contributed by atoms with Crippen molar-refractivity contribution < 1.29 is 4.79 Å². The van der Waals surface area contributed by atoms with Crippen molar-refractivity contribution in [3.63, 3.8) is 0 Å². The molecule has 1 aromatic heterocycles. The second-order valence-electron chi connectivity index (χ2n) is 7.25. The molecule has 0 bridgehead atoms. The van der Waals surface area contributed by atoms with Crippen molar-refractivity contribution in [3.8, 4) is 0 Å². The first-order chi connectivity index (χ1) is 14.1. The molecular weight excluding hydrogens is 366 g/mol. The normalized spacial score (nSPS) is 12.6. The van der Waals surface area contributed by atoms with E-state index in [-0.39, 0.29) is 18.0 Å². The van der Waals surface area contributed by atoms with Gasteiger partial charge in [-0.15, -0.1) is 0 Å². The summed E-state index contributed by atoms with van der Waals surface area (Å²) in [6.07, 6.45) is 2.72. The topological polar surface area (TPSA) is 73.1 Å². The Morgan fingerprint density at radius 1 is 0.897 bits per heavy atom. The second kappa shape index (κ2) is 8.31. The fourth-order valence-electron chi connectivity index (χ4n) is 3.88. The molecule has 1 aliphatic carbocycles. The van der Waals surface area contributed by atoms with Gasteiger partial charge in [0.15, 0.2) is 0 Å². The molecule has 0 spiro atoms. The molecule has 3 aromatic rings. The SMILES string of the molecule is O=C(Cn1c2c(c(=O)n(CCc3ccccc3)c1=O)CCC2)Nc1ccccc1. The Labute approximate surface area is 168 Å². The summed E-state index contributed by atoms with van der Waals surface area (Å²) in [4.78, 5) is 38.5. The molecule has 0 radical (unpaired) electrons. The quantitative estimate of drug-likeness (QED) is 0.704. The number of aromatic nitrogens is 2. The second-order valence-corrected chi connectivity index (χ2v) is 7.25. The van der Waals surface area contributed by atoms with E-state index < -0.39 is 5.69 Å². The van der Waals surface area contributed by atoms with E-state index in [1.807, 2.05) is 48.5 Å². The van der Waals surface area contributed by atoms with Crippen LogP contribution >= 0.6 is 0 Å². The van der Waals surface area contributed by atoms with E-state index in [0.29, 0.717) is 42.8 Å². The summed E-state index contributed by atoms with van der Waals surface area (Å²) in [5.74, 6) is -0.277. The summed E-state index contributed by atoms with van der Waals surface area (Å²) in [5, 5.41) is 2.81.